The smallest absolute Gasteiger partial charge is 0.273 e. The van der Waals surface area contributed by atoms with Gasteiger partial charge >= 0.3 is 0 Å². The molecule has 2 aromatic carbocycles. The van der Waals surface area contributed by atoms with Crippen molar-refractivity contribution in [2.24, 2.45) is 0 Å². The van der Waals surface area contributed by atoms with Crippen molar-refractivity contribution in [3.8, 4) is 11.3 Å². The summed E-state index contributed by atoms with van der Waals surface area (Å²) >= 11 is 12.4. The van der Waals surface area contributed by atoms with Crippen LogP contribution in [0.4, 0.5) is 4.39 Å². The number of amides is 1. The third-order valence-corrected chi connectivity index (χ3v) is 5.55. The van der Waals surface area contributed by atoms with Gasteiger partial charge < -0.3 is 9.64 Å². The highest BCUT2D eigenvalue weighted by atomic mass is 35.5. The van der Waals surface area contributed by atoms with Gasteiger partial charge in [0.25, 0.3) is 5.91 Å². The van der Waals surface area contributed by atoms with Gasteiger partial charge in [0.2, 0.25) is 0 Å². The molecule has 0 bridgehead atoms. The van der Waals surface area contributed by atoms with Gasteiger partial charge in [0.15, 0.2) is 0 Å². The lowest BCUT2D eigenvalue weighted by atomic mass is 9.95. The number of benzene rings is 2. The molecule has 1 N–H and O–H groups in total. The van der Waals surface area contributed by atoms with Gasteiger partial charge in [-0.3, -0.25) is 9.89 Å². The summed E-state index contributed by atoms with van der Waals surface area (Å²) in [7, 11) is 1.60. The predicted molar refractivity (Wildman–Crippen MR) is 110 cm³/mol. The Hall–Kier alpha value is -2.41. The first kappa shape index (κ1) is 19.9. The van der Waals surface area contributed by atoms with Gasteiger partial charge in [-0.2, -0.15) is 5.10 Å². The predicted octanol–water partition coefficient (Wildman–Crippen LogP) is 5.10. The van der Waals surface area contributed by atoms with Crippen LogP contribution < -0.4 is 0 Å². The molecule has 8 heteroatoms. The quantitative estimate of drug-likeness (QED) is 0.549. The second kappa shape index (κ2) is 8.14. The summed E-state index contributed by atoms with van der Waals surface area (Å²) in [5.74, 6) is -0.613. The average Bonchev–Trinajstić information content (AvgIpc) is 3.23. The molecule has 0 radical (unpaired) electrons. The largest absolute Gasteiger partial charge is 0.385 e. The zero-order valence-corrected chi connectivity index (χ0v) is 17.1. The Bertz CT molecular complexity index is 1070. The molecular formula is C21H18Cl2FN3O2. The summed E-state index contributed by atoms with van der Waals surface area (Å²) in [6.07, 6.45) is 0.627. The Kier molecular flexibility index (Phi) is 5.58. The number of ether oxygens (including phenoxy) is 1. The molecule has 1 aliphatic heterocycles. The summed E-state index contributed by atoms with van der Waals surface area (Å²) in [5.41, 5.74) is 2.50. The molecule has 1 amide bonds. The van der Waals surface area contributed by atoms with E-state index in [0.717, 1.165) is 0 Å². The number of nitrogens with zero attached hydrogens (tertiary/aromatic N) is 2. The highest BCUT2D eigenvalue weighted by molar-refractivity contribution is 6.36. The zero-order valence-electron chi connectivity index (χ0n) is 15.6. The van der Waals surface area contributed by atoms with Crippen molar-refractivity contribution in [3.05, 3.63) is 75.1 Å². The maximum Gasteiger partial charge on any atom is 0.273 e. The molecule has 5 nitrogen and oxygen atoms in total. The van der Waals surface area contributed by atoms with E-state index in [1.165, 1.54) is 6.07 Å². The van der Waals surface area contributed by atoms with Crippen molar-refractivity contribution in [3.63, 3.8) is 0 Å². The third kappa shape index (κ3) is 3.52. The van der Waals surface area contributed by atoms with E-state index in [9.17, 15) is 9.18 Å². The Balaban J connectivity index is 1.86. The Labute approximate surface area is 177 Å². The monoisotopic (exact) mass is 433 g/mol. The molecule has 4 rings (SSSR count). The van der Waals surface area contributed by atoms with E-state index in [4.69, 9.17) is 27.9 Å². The van der Waals surface area contributed by atoms with Gasteiger partial charge in [-0.05, 0) is 30.7 Å². The summed E-state index contributed by atoms with van der Waals surface area (Å²) < 4.78 is 19.9. The second-order valence-corrected chi connectivity index (χ2v) is 7.60. The highest BCUT2D eigenvalue weighted by Crippen LogP contribution is 2.44. The van der Waals surface area contributed by atoms with Gasteiger partial charge in [0, 0.05) is 42.0 Å². The van der Waals surface area contributed by atoms with Crippen molar-refractivity contribution in [2.45, 2.75) is 12.5 Å². The molecule has 150 valence electrons. The number of H-pyrrole nitrogens is 1. The number of carbonyl (C=O) groups is 1. The molecule has 0 spiro atoms. The van der Waals surface area contributed by atoms with Crippen LogP contribution >= 0.6 is 23.2 Å². The van der Waals surface area contributed by atoms with E-state index >= 15 is 0 Å². The number of carbonyl (C=O) groups excluding carboxylic acids is 1. The van der Waals surface area contributed by atoms with Gasteiger partial charge in [0.1, 0.15) is 17.2 Å². The number of halogens is 3. The molecule has 1 unspecified atom stereocenters. The number of nitrogens with one attached hydrogen (secondary N) is 1. The zero-order chi connectivity index (χ0) is 20.5. The van der Waals surface area contributed by atoms with Crippen LogP contribution in [0, 0.1) is 5.82 Å². The van der Waals surface area contributed by atoms with Crippen LogP contribution in [0.1, 0.15) is 34.1 Å². The minimum atomic E-state index is -0.615. The molecule has 29 heavy (non-hydrogen) atoms. The molecule has 3 aromatic rings. The Morgan fingerprint density at radius 3 is 2.76 bits per heavy atom. The van der Waals surface area contributed by atoms with Crippen LogP contribution in [-0.2, 0) is 4.74 Å². The molecule has 0 saturated carbocycles. The van der Waals surface area contributed by atoms with E-state index in [1.54, 1.807) is 48.4 Å². The van der Waals surface area contributed by atoms with Crippen molar-refractivity contribution in [2.75, 3.05) is 20.3 Å². The molecule has 1 aromatic heterocycles. The summed E-state index contributed by atoms with van der Waals surface area (Å²) in [6.45, 7) is 0.914. The van der Waals surface area contributed by atoms with Crippen LogP contribution in [0.5, 0.6) is 0 Å². The van der Waals surface area contributed by atoms with Crippen LogP contribution in [0.15, 0.2) is 42.5 Å². The van der Waals surface area contributed by atoms with Crippen molar-refractivity contribution < 1.29 is 13.9 Å². The fourth-order valence-electron chi connectivity index (χ4n) is 3.71. The van der Waals surface area contributed by atoms with Crippen molar-refractivity contribution in [1.29, 1.82) is 0 Å². The van der Waals surface area contributed by atoms with E-state index < -0.39 is 6.04 Å². The fraction of sp³-hybridized carbons (Fsp3) is 0.238. The molecule has 2 heterocycles. The van der Waals surface area contributed by atoms with E-state index in [0.29, 0.717) is 57.7 Å². The number of aromatic nitrogens is 2. The number of methoxy groups -OCH3 is 1. The summed E-state index contributed by atoms with van der Waals surface area (Å²) in [6, 6.07) is 10.9. The Morgan fingerprint density at radius 1 is 1.24 bits per heavy atom. The highest BCUT2D eigenvalue weighted by Gasteiger charge is 2.43. The first-order valence-electron chi connectivity index (χ1n) is 9.11. The average molecular weight is 434 g/mol. The molecule has 0 saturated heterocycles. The standard InChI is InChI=1S/C21H18Cl2FN3O2/c1-29-10-4-9-27-20(14-5-2-3-6-16(14)24)17-18(25-26-19(17)21(27)28)13-8-7-12(22)11-15(13)23/h2-3,5-8,11,20H,4,9-10H2,1H3,(H,25,26). The van der Waals surface area contributed by atoms with Crippen molar-refractivity contribution in [1.82, 2.24) is 15.1 Å². The van der Waals surface area contributed by atoms with Gasteiger partial charge in [-0.15, -0.1) is 0 Å². The SMILES string of the molecule is COCCCN1C(=O)c2[nH]nc(-c3ccc(Cl)cc3Cl)c2C1c1ccccc1F. The minimum absolute atomic E-state index is 0.229. The summed E-state index contributed by atoms with van der Waals surface area (Å²) in [4.78, 5) is 14.8. The lowest BCUT2D eigenvalue weighted by Gasteiger charge is -2.26. The van der Waals surface area contributed by atoms with Gasteiger partial charge in [-0.1, -0.05) is 41.4 Å². The molecule has 0 aliphatic carbocycles. The number of hydrogen-bond donors (Lipinski definition) is 1. The topological polar surface area (TPSA) is 58.2 Å². The number of fused-ring (bicyclic) bond motifs is 1. The van der Waals surface area contributed by atoms with E-state index in [2.05, 4.69) is 10.2 Å². The van der Waals surface area contributed by atoms with Crippen LogP contribution in [0.25, 0.3) is 11.3 Å². The Morgan fingerprint density at radius 2 is 2.03 bits per heavy atom. The van der Waals surface area contributed by atoms with Crippen LogP contribution in [0.3, 0.4) is 0 Å². The molecule has 0 fully saturated rings. The maximum atomic E-state index is 14.8. The first-order valence-corrected chi connectivity index (χ1v) is 9.86. The molecule has 1 aliphatic rings. The normalized spacial score (nSPS) is 15.8. The van der Waals surface area contributed by atoms with E-state index in [-0.39, 0.29) is 11.7 Å². The summed E-state index contributed by atoms with van der Waals surface area (Å²) in [5, 5.41) is 8.07. The minimum Gasteiger partial charge on any atom is -0.385 e. The number of hydrogen-bond acceptors (Lipinski definition) is 3. The van der Waals surface area contributed by atoms with Crippen LogP contribution in [-0.4, -0.2) is 41.3 Å². The molecular weight excluding hydrogens is 416 g/mol. The van der Waals surface area contributed by atoms with Crippen molar-refractivity contribution >= 4 is 29.1 Å². The maximum absolute atomic E-state index is 14.8. The van der Waals surface area contributed by atoms with Crippen LogP contribution in [0.2, 0.25) is 10.0 Å². The third-order valence-electron chi connectivity index (χ3n) is 5.00. The van der Waals surface area contributed by atoms with Gasteiger partial charge in [-0.25, -0.2) is 4.39 Å². The number of aromatic amines is 1. The lowest BCUT2D eigenvalue weighted by Crippen LogP contribution is -2.31. The second-order valence-electron chi connectivity index (χ2n) is 6.75. The first-order chi connectivity index (χ1) is 14.0. The molecule has 1 atom stereocenters. The van der Waals surface area contributed by atoms with Gasteiger partial charge in [0.05, 0.1) is 11.1 Å². The lowest BCUT2D eigenvalue weighted by molar-refractivity contribution is 0.0721. The van der Waals surface area contributed by atoms with E-state index in [1.807, 2.05) is 0 Å². The fourth-order valence-corrected chi connectivity index (χ4v) is 4.21. The number of rotatable bonds is 6.